The molecule has 3 heteroatoms. The SMILES string of the molecule is c1ccc(N[C@@H]2CCOC3(CCCC3)C2)nc1. The fourth-order valence-electron chi connectivity index (χ4n) is 3.18. The number of rotatable bonds is 2. The highest BCUT2D eigenvalue weighted by Crippen LogP contribution is 2.40. The highest BCUT2D eigenvalue weighted by Gasteiger charge is 2.39. The summed E-state index contributed by atoms with van der Waals surface area (Å²) in [6, 6.07) is 6.54. The van der Waals surface area contributed by atoms with Gasteiger partial charge in [-0.1, -0.05) is 18.9 Å². The normalized spacial score (nSPS) is 27.2. The molecule has 1 atom stereocenters. The Morgan fingerprint density at radius 1 is 1.29 bits per heavy atom. The molecule has 1 saturated heterocycles. The third-order valence-corrected chi connectivity index (χ3v) is 4.02. The summed E-state index contributed by atoms with van der Waals surface area (Å²) in [5.41, 5.74) is 0.185. The van der Waals surface area contributed by atoms with Gasteiger partial charge in [0, 0.05) is 18.8 Å². The van der Waals surface area contributed by atoms with Crippen LogP contribution in [-0.2, 0) is 4.74 Å². The lowest BCUT2D eigenvalue weighted by molar-refractivity contribution is -0.0767. The molecule has 1 saturated carbocycles. The Labute approximate surface area is 103 Å². The molecule has 17 heavy (non-hydrogen) atoms. The minimum atomic E-state index is 0.185. The van der Waals surface area contributed by atoms with Crippen molar-refractivity contribution in [2.75, 3.05) is 11.9 Å². The molecule has 2 fully saturated rings. The van der Waals surface area contributed by atoms with Gasteiger partial charge in [0.25, 0.3) is 0 Å². The van der Waals surface area contributed by atoms with Gasteiger partial charge in [-0.2, -0.15) is 0 Å². The van der Waals surface area contributed by atoms with E-state index in [2.05, 4.69) is 10.3 Å². The van der Waals surface area contributed by atoms with Gasteiger partial charge in [0.2, 0.25) is 0 Å². The summed E-state index contributed by atoms with van der Waals surface area (Å²) in [4.78, 5) is 4.34. The van der Waals surface area contributed by atoms with Gasteiger partial charge in [0.15, 0.2) is 0 Å². The van der Waals surface area contributed by atoms with Crippen LogP contribution in [0.25, 0.3) is 0 Å². The van der Waals surface area contributed by atoms with Gasteiger partial charge in [-0.15, -0.1) is 0 Å². The van der Waals surface area contributed by atoms with E-state index >= 15 is 0 Å². The summed E-state index contributed by atoms with van der Waals surface area (Å²) in [6.45, 7) is 0.893. The third-order valence-electron chi connectivity index (χ3n) is 4.02. The van der Waals surface area contributed by atoms with Crippen molar-refractivity contribution in [1.29, 1.82) is 0 Å². The standard InChI is InChI=1S/C14H20N2O/c1-4-9-15-13(5-1)16-12-6-10-17-14(11-12)7-2-3-8-14/h1,4-5,9,12H,2-3,6-8,10-11H2,(H,15,16)/t12-/m1/s1. The van der Waals surface area contributed by atoms with E-state index in [1.165, 1.54) is 25.7 Å². The van der Waals surface area contributed by atoms with E-state index in [1.54, 1.807) is 0 Å². The van der Waals surface area contributed by atoms with Crippen molar-refractivity contribution in [1.82, 2.24) is 4.98 Å². The zero-order valence-corrected chi connectivity index (χ0v) is 10.2. The molecule has 1 aromatic heterocycles. The zero-order chi connectivity index (χ0) is 11.6. The quantitative estimate of drug-likeness (QED) is 0.851. The topological polar surface area (TPSA) is 34.1 Å². The van der Waals surface area contributed by atoms with Crippen LogP contribution in [0.3, 0.4) is 0 Å². The average Bonchev–Trinajstić information content (AvgIpc) is 2.79. The first kappa shape index (κ1) is 11.0. The van der Waals surface area contributed by atoms with Gasteiger partial charge in [0.1, 0.15) is 5.82 Å². The van der Waals surface area contributed by atoms with E-state index in [1.807, 2.05) is 24.4 Å². The van der Waals surface area contributed by atoms with Crippen molar-refractivity contribution < 1.29 is 4.74 Å². The molecule has 1 aliphatic heterocycles. The molecule has 2 aliphatic rings. The maximum absolute atomic E-state index is 6.03. The van der Waals surface area contributed by atoms with E-state index < -0.39 is 0 Å². The molecule has 1 aliphatic carbocycles. The minimum Gasteiger partial charge on any atom is -0.375 e. The van der Waals surface area contributed by atoms with Gasteiger partial charge in [-0.3, -0.25) is 0 Å². The van der Waals surface area contributed by atoms with Crippen molar-refractivity contribution in [3.63, 3.8) is 0 Å². The summed E-state index contributed by atoms with van der Waals surface area (Å²) in [7, 11) is 0. The van der Waals surface area contributed by atoms with Crippen LogP contribution in [-0.4, -0.2) is 23.2 Å². The summed E-state index contributed by atoms with van der Waals surface area (Å²) < 4.78 is 6.03. The van der Waals surface area contributed by atoms with Gasteiger partial charge in [-0.05, 0) is 37.8 Å². The van der Waals surface area contributed by atoms with Crippen molar-refractivity contribution in [3.8, 4) is 0 Å². The maximum Gasteiger partial charge on any atom is 0.126 e. The molecule has 0 unspecified atom stereocenters. The van der Waals surface area contributed by atoms with Crippen LogP contribution < -0.4 is 5.32 Å². The Bertz CT molecular complexity index is 360. The zero-order valence-electron chi connectivity index (χ0n) is 10.2. The Hall–Kier alpha value is -1.09. The number of pyridine rings is 1. The molecule has 92 valence electrons. The van der Waals surface area contributed by atoms with E-state index in [9.17, 15) is 0 Å². The molecule has 0 bridgehead atoms. The van der Waals surface area contributed by atoms with Gasteiger partial charge >= 0.3 is 0 Å². The smallest absolute Gasteiger partial charge is 0.126 e. The first-order chi connectivity index (χ1) is 8.36. The first-order valence-electron chi connectivity index (χ1n) is 6.68. The number of aromatic nitrogens is 1. The van der Waals surface area contributed by atoms with Crippen LogP contribution in [0.15, 0.2) is 24.4 Å². The lowest BCUT2D eigenvalue weighted by atomic mass is 9.89. The Kier molecular flexibility index (Phi) is 3.02. The van der Waals surface area contributed by atoms with Crippen LogP contribution in [0.2, 0.25) is 0 Å². The third kappa shape index (κ3) is 2.44. The predicted octanol–water partition coefficient (Wildman–Crippen LogP) is 2.99. The second-order valence-corrected chi connectivity index (χ2v) is 5.29. The fraction of sp³-hybridized carbons (Fsp3) is 0.643. The van der Waals surface area contributed by atoms with Gasteiger partial charge < -0.3 is 10.1 Å². The molecular formula is C14H20N2O. The van der Waals surface area contributed by atoms with E-state index in [0.29, 0.717) is 6.04 Å². The molecular weight excluding hydrogens is 212 g/mol. The van der Waals surface area contributed by atoms with Crippen LogP contribution >= 0.6 is 0 Å². The van der Waals surface area contributed by atoms with Gasteiger partial charge in [-0.25, -0.2) is 4.98 Å². The van der Waals surface area contributed by atoms with Crippen LogP contribution in [0.4, 0.5) is 5.82 Å². The Morgan fingerprint density at radius 2 is 2.18 bits per heavy atom. The molecule has 0 aromatic carbocycles. The molecule has 0 amide bonds. The van der Waals surface area contributed by atoms with Gasteiger partial charge in [0.05, 0.1) is 5.60 Å². The molecule has 1 spiro atoms. The molecule has 1 aromatic rings. The molecule has 3 nitrogen and oxygen atoms in total. The van der Waals surface area contributed by atoms with Crippen molar-refractivity contribution in [2.45, 2.75) is 50.2 Å². The van der Waals surface area contributed by atoms with Crippen molar-refractivity contribution in [3.05, 3.63) is 24.4 Å². The summed E-state index contributed by atoms with van der Waals surface area (Å²) in [5.74, 6) is 0.993. The van der Waals surface area contributed by atoms with Crippen LogP contribution in [0.1, 0.15) is 38.5 Å². The Morgan fingerprint density at radius 3 is 2.94 bits per heavy atom. The molecule has 2 heterocycles. The molecule has 3 rings (SSSR count). The Balaban J connectivity index is 1.64. The summed E-state index contributed by atoms with van der Waals surface area (Å²) in [5, 5.41) is 3.54. The molecule has 1 N–H and O–H groups in total. The highest BCUT2D eigenvalue weighted by molar-refractivity contribution is 5.34. The minimum absolute atomic E-state index is 0.185. The monoisotopic (exact) mass is 232 g/mol. The van der Waals surface area contributed by atoms with Crippen molar-refractivity contribution >= 4 is 5.82 Å². The first-order valence-corrected chi connectivity index (χ1v) is 6.68. The van der Waals surface area contributed by atoms with E-state index in [0.717, 1.165) is 25.3 Å². The number of hydrogen-bond donors (Lipinski definition) is 1. The second kappa shape index (κ2) is 4.65. The summed E-state index contributed by atoms with van der Waals surface area (Å²) in [6.07, 6.45) is 9.22. The van der Waals surface area contributed by atoms with Crippen molar-refractivity contribution in [2.24, 2.45) is 0 Å². The number of ether oxygens (including phenoxy) is 1. The van der Waals surface area contributed by atoms with Crippen LogP contribution in [0, 0.1) is 0 Å². The average molecular weight is 232 g/mol. The number of nitrogens with one attached hydrogen (secondary N) is 1. The fourth-order valence-corrected chi connectivity index (χ4v) is 3.18. The molecule has 0 radical (unpaired) electrons. The lowest BCUT2D eigenvalue weighted by Gasteiger charge is -2.38. The predicted molar refractivity (Wildman–Crippen MR) is 68.0 cm³/mol. The second-order valence-electron chi connectivity index (χ2n) is 5.29. The maximum atomic E-state index is 6.03. The summed E-state index contributed by atoms with van der Waals surface area (Å²) >= 11 is 0. The number of hydrogen-bond acceptors (Lipinski definition) is 3. The lowest BCUT2D eigenvalue weighted by Crippen LogP contribution is -2.42. The highest BCUT2D eigenvalue weighted by atomic mass is 16.5. The van der Waals surface area contributed by atoms with Crippen LogP contribution in [0.5, 0.6) is 0 Å². The largest absolute Gasteiger partial charge is 0.375 e. The number of nitrogens with zero attached hydrogens (tertiary/aromatic N) is 1. The van der Waals surface area contributed by atoms with E-state index in [-0.39, 0.29) is 5.60 Å². The number of anilines is 1. The van der Waals surface area contributed by atoms with E-state index in [4.69, 9.17) is 4.74 Å².